The van der Waals surface area contributed by atoms with Gasteiger partial charge in [-0.25, -0.2) is 9.67 Å². The summed E-state index contributed by atoms with van der Waals surface area (Å²) in [6.45, 7) is 5.61. The molecule has 130 valence electrons. The van der Waals surface area contributed by atoms with E-state index in [9.17, 15) is 0 Å². The molecular weight excluding hydrogens is 413 g/mol. The van der Waals surface area contributed by atoms with Crippen molar-refractivity contribution in [2.24, 2.45) is 16.6 Å². The first-order valence-corrected chi connectivity index (χ1v) is 8.29. The van der Waals surface area contributed by atoms with Crippen molar-refractivity contribution in [2.45, 2.75) is 39.7 Å². The third-order valence-corrected chi connectivity index (χ3v) is 4.65. The van der Waals surface area contributed by atoms with Crippen LogP contribution in [-0.4, -0.2) is 22.3 Å². The summed E-state index contributed by atoms with van der Waals surface area (Å²) < 4.78 is 1.97. The lowest BCUT2D eigenvalue weighted by molar-refractivity contribution is 0.315. The molecule has 6 heteroatoms. The number of aliphatic imine (C=N–C) groups is 1. The Morgan fingerprint density at radius 1 is 1.29 bits per heavy atom. The summed E-state index contributed by atoms with van der Waals surface area (Å²) in [4.78, 5) is 4.48. The summed E-state index contributed by atoms with van der Waals surface area (Å²) in [5, 5.41) is 7.87. The van der Waals surface area contributed by atoms with E-state index in [1.165, 1.54) is 19.3 Å². The number of hydrogen-bond donors (Lipinski definition) is 2. The second kappa shape index (κ2) is 8.50. The van der Waals surface area contributed by atoms with Gasteiger partial charge in [0.05, 0.1) is 17.9 Å². The SMILES string of the molecule is Cc1nn(-c2ccccc2)c(C)c1CN=C(N)NCC1CCC1.I. The van der Waals surface area contributed by atoms with Crippen LogP contribution >= 0.6 is 24.0 Å². The summed E-state index contributed by atoms with van der Waals surface area (Å²) in [5.74, 6) is 1.30. The van der Waals surface area contributed by atoms with Crippen molar-refractivity contribution in [2.75, 3.05) is 6.54 Å². The van der Waals surface area contributed by atoms with E-state index in [0.717, 1.165) is 35.1 Å². The van der Waals surface area contributed by atoms with Gasteiger partial charge < -0.3 is 11.1 Å². The zero-order valence-electron chi connectivity index (χ0n) is 14.3. The van der Waals surface area contributed by atoms with Crippen molar-refractivity contribution in [3.63, 3.8) is 0 Å². The Bertz CT molecular complexity index is 689. The van der Waals surface area contributed by atoms with Gasteiger partial charge >= 0.3 is 0 Å². The molecule has 3 rings (SSSR count). The van der Waals surface area contributed by atoms with Crippen molar-refractivity contribution in [3.05, 3.63) is 47.3 Å². The number of aromatic nitrogens is 2. The molecule has 5 nitrogen and oxygen atoms in total. The van der Waals surface area contributed by atoms with Crippen LogP contribution in [0.25, 0.3) is 5.69 Å². The third-order valence-electron chi connectivity index (χ3n) is 4.65. The van der Waals surface area contributed by atoms with E-state index in [2.05, 4.69) is 34.5 Å². The first kappa shape index (κ1) is 18.8. The minimum Gasteiger partial charge on any atom is -0.370 e. The smallest absolute Gasteiger partial charge is 0.188 e. The van der Waals surface area contributed by atoms with Crippen LogP contribution in [0, 0.1) is 19.8 Å². The highest BCUT2D eigenvalue weighted by Crippen LogP contribution is 2.25. The largest absolute Gasteiger partial charge is 0.370 e. The first-order valence-electron chi connectivity index (χ1n) is 8.29. The van der Waals surface area contributed by atoms with Crippen LogP contribution in [0.4, 0.5) is 0 Å². The van der Waals surface area contributed by atoms with Crippen LogP contribution in [0.5, 0.6) is 0 Å². The number of nitrogens with one attached hydrogen (secondary N) is 1. The average molecular weight is 439 g/mol. The van der Waals surface area contributed by atoms with Gasteiger partial charge in [-0.1, -0.05) is 24.6 Å². The molecule has 1 aliphatic rings. The summed E-state index contributed by atoms with van der Waals surface area (Å²) in [6, 6.07) is 10.2. The summed E-state index contributed by atoms with van der Waals surface area (Å²) in [6.07, 6.45) is 3.96. The van der Waals surface area contributed by atoms with Gasteiger partial charge in [0.2, 0.25) is 0 Å². The van der Waals surface area contributed by atoms with Gasteiger partial charge in [-0.15, -0.1) is 24.0 Å². The fourth-order valence-electron chi connectivity index (χ4n) is 2.89. The Kier molecular flexibility index (Phi) is 6.65. The van der Waals surface area contributed by atoms with Crippen LogP contribution in [0.3, 0.4) is 0 Å². The van der Waals surface area contributed by atoms with Crippen LogP contribution in [-0.2, 0) is 6.54 Å². The van der Waals surface area contributed by atoms with Crippen molar-refractivity contribution in [3.8, 4) is 5.69 Å². The fraction of sp³-hybridized carbons (Fsp3) is 0.444. The zero-order valence-corrected chi connectivity index (χ0v) is 16.7. The molecule has 2 aromatic rings. The molecule has 0 bridgehead atoms. The molecule has 24 heavy (non-hydrogen) atoms. The minimum atomic E-state index is 0. The molecule has 0 unspecified atom stereocenters. The maximum atomic E-state index is 5.98. The van der Waals surface area contributed by atoms with Crippen LogP contribution in [0.15, 0.2) is 35.3 Å². The van der Waals surface area contributed by atoms with Crippen molar-refractivity contribution in [1.82, 2.24) is 15.1 Å². The predicted octanol–water partition coefficient (Wildman–Crippen LogP) is 3.31. The fourth-order valence-corrected chi connectivity index (χ4v) is 2.89. The summed E-state index contributed by atoms with van der Waals surface area (Å²) in [7, 11) is 0. The van der Waals surface area contributed by atoms with Gasteiger partial charge in [-0.3, -0.25) is 0 Å². The molecular formula is C18H26IN5. The highest BCUT2D eigenvalue weighted by Gasteiger charge is 2.17. The number of nitrogens with two attached hydrogens (primary N) is 1. The van der Waals surface area contributed by atoms with E-state index in [1.807, 2.05) is 29.8 Å². The number of para-hydroxylation sites is 1. The number of halogens is 1. The van der Waals surface area contributed by atoms with Crippen molar-refractivity contribution >= 4 is 29.9 Å². The monoisotopic (exact) mass is 439 g/mol. The summed E-state index contributed by atoms with van der Waals surface area (Å²) in [5.41, 5.74) is 10.3. The van der Waals surface area contributed by atoms with E-state index in [0.29, 0.717) is 12.5 Å². The van der Waals surface area contributed by atoms with Crippen molar-refractivity contribution < 1.29 is 0 Å². The Hall–Kier alpha value is -1.57. The Labute approximate surface area is 160 Å². The number of hydrogen-bond acceptors (Lipinski definition) is 2. The molecule has 0 radical (unpaired) electrons. The van der Waals surface area contributed by atoms with Gasteiger partial charge in [0.1, 0.15) is 0 Å². The lowest BCUT2D eigenvalue weighted by atomic mass is 9.85. The lowest BCUT2D eigenvalue weighted by Crippen LogP contribution is -2.37. The van der Waals surface area contributed by atoms with Gasteiger partial charge in [0, 0.05) is 17.8 Å². The van der Waals surface area contributed by atoms with E-state index < -0.39 is 0 Å². The number of guanidine groups is 1. The van der Waals surface area contributed by atoms with Gasteiger partial charge in [0.25, 0.3) is 0 Å². The standard InChI is InChI=1S/C18H25N5.HI/c1-13-17(12-21-18(19)20-11-15-7-6-8-15)14(2)23(22-13)16-9-4-3-5-10-16;/h3-5,9-10,15H,6-8,11-12H2,1-2H3,(H3,19,20,21);1H. The second-order valence-electron chi connectivity index (χ2n) is 6.28. The second-order valence-corrected chi connectivity index (χ2v) is 6.28. The Morgan fingerprint density at radius 2 is 2.00 bits per heavy atom. The molecule has 1 aromatic heterocycles. The lowest BCUT2D eigenvalue weighted by Gasteiger charge is -2.25. The maximum absolute atomic E-state index is 5.98. The van der Waals surface area contributed by atoms with Crippen LogP contribution in [0.1, 0.15) is 36.2 Å². The Balaban J connectivity index is 0.00000208. The number of nitrogens with zero attached hydrogens (tertiary/aromatic N) is 3. The van der Waals surface area contributed by atoms with Gasteiger partial charge in [-0.2, -0.15) is 5.10 Å². The van der Waals surface area contributed by atoms with E-state index in [1.54, 1.807) is 0 Å². The first-order chi connectivity index (χ1) is 11.1. The Morgan fingerprint density at radius 3 is 2.62 bits per heavy atom. The molecule has 0 atom stereocenters. The molecule has 0 saturated heterocycles. The molecule has 1 fully saturated rings. The van der Waals surface area contributed by atoms with Crippen molar-refractivity contribution in [1.29, 1.82) is 0 Å². The number of benzene rings is 1. The molecule has 3 N–H and O–H groups in total. The predicted molar refractivity (Wildman–Crippen MR) is 109 cm³/mol. The molecule has 0 aliphatic heterocycles. The third kappa shape index (κ3) is 4.28. The van der Waals surface area contributed by atoms with E-state index in [4.69, 9.17) is 5.73 Å². The van der Waals surface area contributed by atoms with E-state index in [-0.39, 0.29) is 24.0 Å². The average Bonchev–Trinajstić information content (AvgIpc) is 2.79. The van der Waals surface area contributed by atoms with Crippen LogP contribution in [0.2, 0.25) is 0 Å². The highest BCUT2D eigenvalue weighted by molar-refractivity contribution is 14.0. The zero-order chi connectivity index (χ0) is 16.2. The normalized spacial score (nSPS) is 14.8. The van der Waals surface area contributed by atoms with Crippen LogP contribution < -0.4 is 11.1 Å². The molecule has 1 aliphatic carbocycles. The minimum absolute atomic E-state index is 0. The van der Waals surface area contributed by atoms with Gasteiger partial charge in [0.15, 0.2) is 5.96 Å². The number of aryl methyl sites for hydroxylation is 1. The molecule has 0 amide bonds. The topological polar surface area (TPSA) is 68.2 Å². The summed E-state index contributed by atoms with van der Waals surface area (Å²) >= 11 is 0. The molecule has 1 heterocycles. The molecule has 0 spiro atoms. The molecule has 1 aromatic carbocycles. The number of rotatable bonds is 5. The quantitative estimate of drug-likeness (QED) is 0.427. The van der Waals surface area contributed by atoms with E-state index >= 15 is 0 Å². The maximum Gasteiger partial charge on any atom is 0.188 e. The van der Waals surface area contributed by atoms with Gasteiger partial charge in [-0.05, 0) is 44.7 Å². The molecule has 1 saturated carbocycles. The highest BCUT2D eigenvalue weighted by atomic mass is 127.